The van der Waals surface area contributed by atoms with Gasteiger partial charge in [-0.25, -0.2) is 0 Å². The highest BCUT2D eigenvalue weighted by molar-refractivity contribution is 7.09. The smallest absolute Gasteiger partial charge is 0.273 e. The molecule has 1 heterocycles. The van der Waals surface area contributed by atoms with Crippen LogP contribution in [0.15, 0.2) is 24.3 Å². The Hall–Kier alpha value is -1.46. The predicted molar refractivity (Wildman–Crippen MR) is 77.6 cm³/mol. The highest BCUT2D eigenvalue weighted by Crippen LogP contribution is 2.27. The fourth-order valence-electron chi connectivity index (χ4n) is 1.52. The van der Waals surface area contributed by atoms with E-state index in [0.717, 1.165) is 16.9 Å². The Morgan fingerprint density at radius 3 is 2.74 bits per heavy atom. The number of carbonyl (C=O) groups is 1. The van der Waals surface area contributed by atoms with Gasteiger partial charge in [0.15, 0.2) is 5.69 Å². The first-order chi connectivity index (χ1) is 9.11. The molecule has 6 heteroatoms. The molecule has 0 spiro atoms. The maximum atomic E-state index is 12.1. The van der Waals surface area contributed by atoms with E-state index in [1.165, 1.54) is 11.5 Å². The van der Waals surface area contributed by atoms with Crippen LogP contribution in [-0.2, 0) is 0 Å². The summed E-state index contributed by atoms with van der Waals surface area (Å²) >= 11 is 7.06. The van der Waals surface area contributed by atoms with Gasteiger partial charge in [0.05, 0.1) is 4.88 Å². The van der Waals surface area contributed by atoms with Crippen molar-refractivity contribution in [2.24, 2.45) is 0 Å². The molecule has 0 radical (unpaired) electrons. The maximum Gasteiger partial charge on any atom is 0.273 e. The van der Waals surface area contributed by atoms with Crippen molar-refractivity contribution >= 4 is 29.0 Å². The average Bonchev–Trinajstić information content (AvgIpc) is 2.88. The summed E-state index contributed by atoms with van der Waals surface area (Å²) in [6, 6.07) is 7.40. The number of benzene rings is 1. The van der Waals surface area contributed by atoms with Gasteiger partial charge in [-0.05, 0) is 42.6 Å². The number of hydrogen-bond donors (Lipinski definition) is 1. The van der Waals surface area contributed by atoms with Crippen LogP contribution in [0.5, 0.6) is 0 Å². The van der Waals surface area contributed by atoms with Crippen LogP contribution in [0.1, 0.15) is 30.8 Å². The summed E-state index contributed by atoms with van der Waals surface area (Å²) in [6.07, 6.45) is 0.875. The topological polar surface area (TPSA) is 54.9 Å². The number of amides is 1. The van der Waals surface area contributed by atoms with Crippen molar-refractivity contribution in [3.05, 3.63) is 35.0 Å². The standard InChI is InChI=1S/C13H14ClN3OS/c1-3-8(2)15-13(18)11-12(19-17-16-11)9-4-6-10(14)7-5-9/h4-8H,3H2,1-2H3,(H,15,18). The van der Waals surface area contributed by atoms with E-state index in [2.05, 4.69) is 14.9 Å². The fraction of sp³-hybridized carbons (Fsp3) is 0.308. The highest BCUT2D eigenvalue weighted by atomic mass is 35.5. The van der Waals surface area contributed by atoms with Crippen LogP contribution in [0.2, 0.25) is 5.02 Å². The normalized spacial score (nSPS) is 12.2. The predicted octanol–water partition coefficient (Wildman–Crippen LogP) is 3.39. The van der Waals surface area contributed by atoms with Crippen LogP contribution in [0.25, 0.3) is 10.4 Å². The summed E-state index contributed by atoms with van der Waals surface area (Å²) in [6.45, 7) is 3.98. The lowest BCUT2D eigenvalue weighted by Gasteiger charge is -2.10. The van der Waals surface area contributed by atoms with Crippen molar-refractivity contribution in [1.29, 1.82) is 0 Å². The molecule has 1 atom stereocenters. The zero-order chi connectivity index (χ0) is 13.8. The first kappa shape index (κ1) is 14.0. The van der Waals surface area contributed by atoms with Gasteiger partial charge in [0.1, 0.15) is 0 Å². The van der Waals surface area contributed by atoms with Crippen LogP contribution in [-0.4, -0.2) is 21.5 Å². The van der Waals surface area contributed by atoms with Gasteiger partial charge in [0, 0.05) is 11.1 Å². The van der Waals surface area contributed by atoms with Crippen molar-refractivity contribution in [1.82, 2.24) is 14.9 Å². The van der Waals surface area contributed by atoms with E-state index in [1.807, 2.05) is 26.0 Å². The lowest BCUT2D eigenvalue weighted by Crippen LogP contribution is -2.32. The van der Waals surface area contributed by atoms with Gasteiger partial charge < -0.3 is 5.32 Å². The first-order valence-electron chi connectivity index (χ1n) is 6.01. The number of nitrogens with zero attached hydrogens (tertiary/aromatic N) is 2. The molecule has 0 aliphatic heterocycles. The van der Waals surface area contributed by atoms with Gasteiger partial charge in [-0.2, -0.15) is 0 Å². The molecule has 100 valence electrons. The monoisotopic (exact) mass is 295 g/mol. The van der Waals surface area contributed by atoms with Crippen molar-refractivity contribution in [2.45, 2.75) is 26.3 Å². The van der Waals surface area contributed by atoms with E-state index >= 15 is 0 Å². The lowest BCUT2D eigenvalue weighted by atomic mass is 10.1. The van der Waals surface area contributed by atoms with E-state index in [9.17, 15) is 4.79 Å². The molecule has 4 nitrogen and oxygen atoms in total. The average molecular weight is 296 g/mol. The van der Waals surface area contributed by atoms with Crippen LogP contribution < -0.4 is 5.32 Å². The van der Waals surface area contributed by atoms with E-state index in [4.69, 9.17) is 11.6 Å². The quantitative estimate of drug-likeness (QED) is 0.940. The second-order valence-corrected chi connectivity index (χ2v) is 5.43. The maximum absolute atomic E-state index is 12.1. The minimum absolute atomic E-state index is 0.118. The molecular weight excluding hydrogens is 282 g/mol. The zero-order valence-electron chi connectivity index (χ0n) is 10.7. The molecule has 2 rings (SSSR count). The molecule has 2 aromatic rings. The summed E-state index contributed by atoms with van der Waals surface area (Å²) in [5.74, 6) is -0.187. The Balaban J connectivity index is 2.27. The van der Waals surface area contributed by atoms with Gasteiger partial charge in [-0.3, -0.25) is 4.79 Å². The summed E-state index contributed by atoms with van der Waals surface area (Å²) < 4.78 is 3.87. The highest BCUT2D eigenvalue weighted by Gasteiger charge is 2.18. The third-order valence-electron chi connectivity index (χ3n) is 2.80. The van der Waals surface area contributed by atoms with E-state index < -0.39 is 0 Å². The third kappa shape index (κ3) is 3.30. The summed E-state index contributed by atoms with van der Waals surface area (Å²) in [5, 5.41) is 7.48. The van der Waals surface area contributed by atoms with Gasteiger partial charge in [-0.1, -0.05) is 35.1 Å². The second kappa shape index (κ2) is 6.12. The minimum atomic E-state index is -0.187. The van der Waals surface area contributed by atoms with Gasteiger partial charge in [0.2, 0.25) is 0 Å². The van der Waals surface area contributed by atoms with E-state index in [0.29, 0.717) is 10.7 Å². The van der Waals surface area contributed by atoms with Crippen LogP contribution in [0, 0.1) is 0 Å². The lowest BCUT2D eigenvalue weighted by molar-refractivity contribution is 0.0935. The molecule has 0 aliphatic carbocycles. The number of aromatic nitrogens is 2. The fourth-order valence-corrected chi connectivity index (χ4v) is 2.32. The van der Waals surface area contributed by atoms with Crippen molar-refractivity contribution in [2.75, 3.05) is 0 Å². The van der Waals surface area contributed by atoms with Crippen molar-refractivity contribution in [3.63, 3.8) is 0 Å². The number of rotatable bonds is 4. The van der Waals surface area contributed by atoms with E-state index in [1.54, 1.807) is 12.1 Å². The number of halogens is 1. The summed E-state index contributed by atoms with van der Waals surface area (Å²) in [4.78, 5) is 12.9. The summed E-state index contributed by atoms with van der Waals surface area (Å²) in [7, 11) is 0. The SMILES string of the molecule is CCC(C)NC(=O)c1nnsc1-c1ccc(Cl)cc1. The number of carbonyl (C=O) groups excluding carboxylic acids is 1. The number of nitrogens with one attached hydrogen (secondary N) is 1. The molecule has 0 saturated heterocycles. The summed E-state index contributed by atoms with van der Waals surface area (Å²) in [5.41, 5.74) is 1.27. The Kier molecular flexibility index (Phi) is 4.50. The molecule has 0 saturated carbocycles. The Labute approximate surface area is 121 Å². The first-order valence-corrected chi connectivity index (χ1v) is 7.16. The molecule has 1 N–H and O–H groups in total. The van der Waals surface area contributed by atoms with Crippen LogP contribution >= 0.6 is 23.1 Å². The molecular formula is C13H14ClN3OS. The van der Waals surface area contributed by atoms with Crippen LogP contribution in [0.3, 0.4) is 0 Å². The van der Waals surface area contributed by atoms with E-state index in [-0.39, 0.29) is 11.9 Å². The second-order valence-electron chi connectivity index (χ2n) is 4.24. The third-order valence-corrected chi connectivity index (χ3v) is 3.83. The van der Waals surface area contributed by atoms with Gasteiger partial charge in [-0.15, -0.1) is 5.10 Å². The van der Waals surface area contributed by atoms with Crippen molar-refractivity contribution in [3.8, 4) is 10.4 Å². The molecule has 1 unspecified atom stereocenters. The molecule has 1 amide bonds. The van der Waals surface area contributed by atoms with Crippen LogP contribution in [0.4, 0.5) is 0 Å². The largest absolute Gasteiger partial charge is 0.348 e. The molecule has 0 bridgehead atoms. The molecule has 0 aliphatic rings. The zero-order valence-corrected chi connectivity index (χ0v) is 12.3. The number of hydrogen-bond acceptors (Lipinski definition) is 4. The Morgan fingerprint density at radius 2 is 2.11 bits per heavy atom. The molecule has 1 aromatic heterocycles. The Bertz CT molecular complexity index is 568. The van der Waals surface area contributed by atoms with Gasteiger partial charge in [0.25, 0.3) is 5.91 Å². The Morgan fingerprint density at radius 1 is 1.42 bits per heavy atom. The molecule has 1 aromatic carbocycles. The molecule has 0 fully saturated rings. The van der Waals surface area contributed by atoms with Gasteiger partial charge >= 0.3 is 0 Å². The molecule has 19 heavy (non-hydrogen) atoms. The van der Waals surface area contributed by atoms with Crippen molar-refractivity contribution < 1.29 is 4.79 Å². The minimum Gasteiger partial charge on any atom is -0.348 e.